The summed E-state index contributed by atoms with van der Waals surface area (Å²) in [6, 6.07) is 76.3. The van der Waals surface area contributed by atoms with Gasteiger partial charge in [0, 0.05) is 48.6 Å². The van der Waals surface area contributed by atoms with Gasteiger partial charge in [0.05, 0.1) is 15.8 Å². The average molecular weight is 810 g/mol. The van der Waals surface area contributed by atoms with Gasteiger partial charge in [0.15, 0.2) is 0 Å². The fourth-order valence-corrected chi connectivity index (χ4v) is 10.7. The van der Waals surface area contributed by atoms with Crippen LogP contribution < -0.4 is 4.90 Å². The van der Waals surface area contributed by atoms with Gasteiger partial charge in [-0.05, 0) is 105 Å². The molecule has 0 aliphatic heterocycles. The number of hydrogen-bond donors (Lipinski definition) is 0. The second kappa shape index (κ2) is 13.8. The number of fused-ring (bicyclic) bond motifs is 11. The molecule has 0 aliphatic carbocycles. The molecule has 0 amide bonds. The lowest BCUT2D eigenvalue weighted by Gasteiger charge is -2.26. The minimum atomic E-state index is 0.833. The molecule has 4 heteroatoms. The van der Waals surface area contributed by atoms with Crippen molar-refractivity contribution in [3.8, 4) is 33.4 Å². The Labute approximate surface area is 360 Å². The Morgan fingerprint density at radius 2 is 0.968 bits per heavy atom. The largest absolute Gasteiger partial charge is 0.456 e. The summed E-state index contributed by atoms with van der Waals surface area (Å²) in [5.41, 5.74) is 13.7. The highest BCUT2D eigenvalue weighted by molar-refractivity contribution is 7.26. The third kappa shape index (κ3) is 5.51. The Morgan fingerprint density at radius 1 is 0.355 bits per heavy atom. The second-order valence-electron chi connectivity index (χ2n) is 16.0. The van der Waals surface area contributed by atoms with Crippen molar-refractivity contribution in [2.45, 2.75) is 0 Å². The van der Waals surface area contributed by atoms with Gasteiger partial charge in [0.1, 0.15) is 22.3 Å². The average Bonchev–Trinajstić information content (AvgIpc) is 4.04. The summed E-state index contributed by atoms with van der Waals surface area (Å²) in [6.07, 6.45) is 0. The van der Waals surface area contributed by atoms with Crippen LogP contribution >= 0.6 is 11.3 Å². The van der Waals surface area contributed by atoms with Crippen molar-refractivity contribution in [1.82, 2.24) is 0 Å². The smallest absolute Gasteiger partial charge is 0.147 e. The van der Waals surface area contributed by atoms with Crippen LogP contribution in [0.3, 0.4) is 0 Å². The van der Waals surface area contributed by atoms with Gasteiger partial charge in [0.2, 0.25) is 0 Å². The quantitative estimate of drug-likeness (QED) is 0.168. The van der Waals surface area contributed by atoms with Crippen LogP contribution in [0.4, 0.5) is 17.1 Å². The van der Waals surface area contributed by atoms with E-state index < -0.39 is 0 Å². The van der Waals surface area contributed by atoms with Crippen molar-refractivity contribution in [2.75, 3.05) is 4.90 Å². The number of benzene rings is 10. The number of thiophene rings is 1. The van der Waals surface area contributed by atoms with Crippen LogP contribution in [0.1, 0.15) is 0 Å². The van der Waals surface area contributed by atoms with E-state index in [1.807, 2.05) is 23.5 Å². The number of furan rings is 2. The van der Waals surface area contributed by atoms with E-state index >= 15 is 0 Å². The molecule has 0 fully saturated rings. The van der Waals surface area contributed by atoms with E-state index in [2.05, 4.69) is 205 Å². The van der Waals surface area contributed by atoms with Crippen molar-refractivity contribution in [3.63, 3.8) is 0 Å². The van der Waals surface area contributed by atoms with Crippen molar-refractivity contribution < 1.29 is 8.83 Å². The number of anilines is 3. The fraction of sp³-hybridized carbons (Fsp3) is 0. The number of para-hydroxylation sites is 2. The lowest BCUT2D eigenvalue weighted by Crippen LogP contribution is -2.10. The second-order valence-corrected chi connectivity index (χ2v) is 17.1. The van der Waals surface area contributed by atoms with E-state index in [4.69, 9.17) is 8.83 Å². The highest BCUT2D eigenvalue weighted by Crippen LogP contribution is 2.46. The molecule has 0 aliphatic rings. The number of rotatable bonds is 6. The first-order valence-corrected chi connectivity index (χ1v) is 21.8. The Bertz CT molecular complexity index is 3860. The monoisotopic (exact) mass is 809 g/mol. The van der Waals surface area contributed by atoms with Crippen LogP contribution in [0.5, 0.6) is 0 Å². The summed E-state index contributed by atoms with van der Waals surface area (Å²) in [6.45, 7) is 0. The Balaban J connectivity index is 0.920. The van der Waals surface area contributed by atoms with Gasteiger partial charge in [-0.2, -0.15) is 0 Å². The molecule has 0 radical (unpaired) electrons. The molecule has 10 aromatic carbocycles. The highest BCUT2D eigenvalue weighted by Gasteiger charge is 2.21. The molecule has 290 valence electrons. The highest BCUT2D eigenvalue weighted by atomic mass is 32.1. The van der Waals surface area contributed by atoms with Crippen molar-refractivity contribution in [1.29, 1.82) is 0 Å². The zero-order valence-electron chi connectivity index (χ0n) is 33.4. The molecule has 0 unspecified atom stereocenters. The summed E-state index contributed by atoms with van der Waals surface area (Å²) < 4.78 is 15.6. The van der Waals surface area contributed by atoms with E-state index in [9.17, 15) is 0 Å². The zero-order valence-corrected chi connectivity index (χ0v) is 34.2. The molecule has 13 aromatic rings. The third-order valence-corrected chi connectivity index (χ3v) is 13.7. The Kier molecular flexibility index (Phi) is 7.78. The molecule has 62 heavy (non-hydrogen) atoms. The standard InChI is InChI=1S/C58H35NO2S/c1-2-10-36(11-3-1)40-22-20-38-21-23-41(35-42(38)34-40)37-24-28-43(29-25-37)59(51-17-9-16-49-46-12-5-7-19-54(46)62-58(49)51)44-30-26-39(27-31-44)45-14-8-15-47-48-32-33-53-55(57(48)61-56(45)47)50-13-4-6-18-52(50)60-53/h1-35H. The maximum absolute atomic E-state index is 6.84. The first-order valence-electron chi connectivity index (χ1n) is 21.0. The van der Waals surface area contributed by atoms with Crippen LogP contribution in [-0.2, 0) is 0 Å². The summed E-state index contributed by atoms with van der Waals surface area (Å²) in [5, 5.41) is 9.28. The summed E-state index contributed by atoms with van der Waals surface area (Å²) in [7, 11) is 0. The molecule has 13 rings (SSSR count). The van der Waals surface area contributed by atoms with Gasteiger partial charge in [-0.1, -0.05) is 146 Å². The van der Waals surface area contributed by atoms with Crippen LogP contribution in [0.2, 0.25) is 0 Å². The normalized spacial score (nSPS) is 11.9. The van der Waals surface area contributed by atoms with Crippen LogP contribution in [0.25, 0.3) is 108 Å². The topological polar surface area (TPSA) is 29.5 Å². The Morgan fingerprint density at radius 3 is 1.76 bits per heavy atom. The summed E-state index contributed by atoms with van der Waals surface area (Å²) in [5.74, 6) is 0. The molecular weight excluding hydrogens is 775 g/mol. The maximum Gasteiger partial charge on any atom is 0.147 e. The minimum absolute atomic E-state index is 0.833. The lowest BCUT2D eigenvalue weighted by molar-refractivity contribution is 0.663. The van der Waals surface area contributed by atoms with Crippen molar-refractivity contribution in [2.24, 2.45) is 0 Å². The molecule has 3 heterocycles. The van der Waals surface area contributed by atoms with Gasteiger partial charge in [0.25, 0.3) is 0 Å². The maximum atomic E-state index is 6.84. The van der Waals surface area contributed by atoms with Crippen LogP contribution in [-0.4, -0.2) is 0 Å². The van der Waals surface area contributed by atoms with Crippen LogP contribution in [0.15, 0.2) is 221 Å². The summed E-state index contributed by atoms with van der Waals surface area (Å²) >= 11 is 1.85. The van der Waals surface area contributed by atoms with Gasteiger partial charge in [-0.25, -0.2) is 0 Å². The van der Waals surface area contributed by atoms with Gasteiger partial charge in [-0.3, -0.25) is 0 Å². The van der Waals surface area contributed by atoms with E-state index in [1.165, 1.54) is 53.2 Å². The molecule has 0 bridgehead atoms. The van der Waals surface area contributed by atoms with E-state index in [-0.39, 0.29) is 0 Å². The molecule has 3 nitrogen and oxygen atoms in total. The molecule has 0 spiro atoms. The fourth-order valence-electron chi connectivity index (χ4n) is 9.46. The van der Waals surface area contributed by atoms with Crippen molar-refractivity contribution >= 4 is 103 Å². The molecule has 3 aromatic heterocycles. The zero-order chi connectivity index (χ0) is 40.7. The van der Waals surface area contributed by atoms with Gasteiger partial charge < -0.3 is 13.7 Å². The third-order valence-electron chi connectivity index (χ3n) is 12.5. The van der Waals surface area contributed by atoms with E-state index in [0.717, 1.165) is 72.1 Å². The molecular formula is C58H35NO2S. The Hall–Kier alpha value is -7.92. The van der Waals surface area contributed by atoms with E-state index in [0.29, 0.717) is 0 Å². The number of nitrogens with zero attached hydrogens (tertiary/aromatic N) is 1. The SMILES string of the molecule is c1ccc(-c2ccc3ccc(-c4ccc(N(c5ccc(-c6cccc7c6oc6c7ccc7oc8ccccc8c76)cc5)c5cccc6c5sc5ccccc56)cc4)cc3c2)cc1. The molecule has 0 N–H and O–H groups in total. The van der Waals surface area contributed by atoms with Crippen molar-refractivity contribution in [3.05, 3.63) is 212 Å². The van der Waals surface area contributed by atoms with Crippen LogP contribution in [0, 0.1) is 0 Å². The van der Waals surface area contributed by atoms with Gasteiger partial charge in [-0.15, -0.1) is 11.3 Å². The van der Waals surface area contributed by atoms with E-state index in [1.54, 1.807) is 0 Å². The molecule has 0 atom stereocenters. The predicted octanol–water partition coefficient (Wildman–Crippen LogP) is 17.5. The predicted molar refractivity (Wildman–Crippen MR) is 262 cm³/mol. The molecule has 0 saturated heterocycles. The number of hydrogen-bond acceptors (Lipinski definition) is 4. The van der Waals surface area contributed by atoms with Gasteiger partial charge >= 0.3 is 0 Å². The lowest BCUT2D eigenvalue weighted by atomic mass is 9.97. The first kappa shape index (κ1) is 34.9. The molecule has 0 saturated carbocycles. The first-order chi connectivity index (χ1) is 30.7. The summed E-state index contributed by atoms with van der Waals surface area (Å²) in [4.78, 5) is 2.40. The minimum Gasteiger partial charge on any atom is -0.456 e.